The van der Waals surface area contributed by atoms with Crippen LogP contribution in [0.3, 0.4) is 0 Å². The summed E-state index contributed by atoms with van der Waals surface area (Å²) in [6.07, 6.45) is 3.31. The minimum Gasteiger partial charge on any atom is -0.381 e. The van der Waals surface area contributed by atoms with Gasteiger partial charge in [0.1, 0.15) is 11.6 Å². The number of nitrogens with zero attached hydrogens (tertiary/aromatic N) is 2. The van der Waals surface area contributed by atoms with E-state index in [1.54, 1.807) is 18.9 Å². The Morgan fingerprint density at radius 1 is 1.37 bits per heavy atom. The zero-order chi connectivity index (χ0) is 14.0. The maximum Gasteiger partial charge on any atom is 0.191 e. The fourth-order valence-corrected chi connectivity index (χ4v) is 2.81. The first-order valence-electron chi connectivity index (χ1n) is 6.41. The first-order valence-corrected chi connectivity index (χ1v) is 7.64. The van der Waals surface area contributed by atoms with E-state index in [0.29, 0.717) is 12.1 Å². The molecule has 6 heteroatoms. The molecule has 1 aliphatic rings. The molecule has 1 saturated carbocycles. The topological polar surface area (TPSA) is 59.1 Å². The van der Waals surface area contributed by atoms with Gasteiger partial charge < -0.3 is 15.4 Å². The van der Waals surface area contributed by atoms with Crippen molar-refractivity contribution in [1.29, 1.82) is 0 Å². The van der Waals surface area contributed by atoms with Crippen LogP contribution < -0.4 is 10.6 Å². The zero-order valence-electron chi connectivity index (χ0n) is 12.2. The Morgan fingerprint density at radius 3 is 2.58 bits per heavy atom. The lowest BCUT2D eigenvalue weighted by molar-refractivity contribution is -0.0795. The first-order chi connectivity index (χ1) is 9.01. The quantitative estimate of drug-likeness (QED) is 0.639. The molecule has 1 aromatic heterocycles. The summed E-state index contributed by atoms with van der Waals surface area (Å²) >= 11 is 1.54. The molecule has 2 N–H and O–H groups in total. The number of ether oxygens (including phenoxy) is 1. The van der Waals surface area contributed by atoms with Gasteiger partial charge in [0.05, 0.1) is 6.10 Å². The smallest absolute Gasteiger partial charge is 0.191 e. The molecule has 19 heavy (non-hydrogen) atoms. The fraction of sp³-hybridized carbons (Fsp3) is 0.692. The van der Waals surface area contributed by atoms with E-state index in [1.807, 2.05) is 19.4 Å². The summed E-state index contributed by atoms with van der Waals surface area (Å²) in [6, 6.07) is 2.32. The summed E-state index contributed by atoms with van der Waals surface area (Å²) in [5.41, 5.74) is 0.124. The molecular weight excluding hydrogens is 260 g/mol. The van der Waals surface area contributed by atoms with E-state index < -0.39 is 0 Å². The van der Waals surface area contributed by atoms with Crippen molar-refractivity contribution < 1.29 is 4.74 Å². The van der Waals surface area contributed by atoms with Gasteiger partial charge in [-0.05, 0) is 12.7 Å². The average molecular weight is 282 g/mol. The van der Waals surface area contributed by atoms with Gasteiger partial charge in [-0.1, -0.05) is 25.6 Å². The molecule has 0 bridgehead atoms. The third-order valence-electron chi connectivity index (χ3n) is 3.93. The van der Waals surface area contributed by atoms with Gasteiger partial charge >= 0.3 is 0 Å². The van der Waals surface area contributed by atoms with E-state index >= 15 is 0 Å². The molecule has 0 spiro atoms. The first kappa shape index (κ1) is 14.4. The second kappa shape index (κ2) is 5.54. The Hall–Kier alpha value is -1.01. The number of anilines is 2. The monoisotopic (exact) mass is 282 g/mol. The van der Waals surface area contributed by atoms with Crippen molar-refractivity contribution in [2.45, 2.75) is 37.6 Å². The summed E-state index contributed by atoms with van der Waals surface area (Å²) in [6.45, 7) is 4.44. The van der Waals surface area contributed by atoms with Crippen LogP contribution in [0.15, 0.2) is 11.2 Å². The van der Waals surface area contributed by atoms with Crippen molar-refractivity contribution >= 4 is 23.4 Å². The highest BCUT2D eigenvalue weighted by Crippen LogP contribution is 2.43. The lowest BCUT2D eigenvalue weighted by Crippen LogP contribution is -2.57. The van der Waals surface area contributed by atoms with E-state index in [2.05, 4.69) is 34.4 Å². The standard InChI is InChI=1S/C13H22N4OS/c1-13(2)8(6-9(13)18-4)15-11-7-10(14-3)16-12(17-11)19-5/h7-9H,6H2,1-5H3,(H2,14,15,16,17). The molecule has 1 heterocycles. The van der Waals surface area contributed by atoms with Crippen LogP contribution in [0.2, 0.25) is 0 Å². The van der Waals surface area contributed by atoms with Crippen molar-refractivity contribution in [3.8, 4) is 0 Å². The second-order valence-electron chi connectivity index (χ2n) is 5.35. The molecule has 0 aromatic carbocycles. The minimum absolute atomic E-state index is 0.124. The van der Waals surface area contributed by atoms with E-state index in [1.165, 1.54) is 0 Å². The molecule has 0 saturated heterocycles. The van der Waals surface area contributed by atoms with Gasteiger partial charge in [-0.25, -0.2) is 9.97 Å². The van der Waals surface area contributed by atoms with Crippen LogP contribution in [0, 0.1) is 5.41 Å². The Balaban J connectivity index is 2.12. The van der Waals surface area contributed by atoms with Crippen molar-refractivity contribution in [3.05, 3.63) is 6.07 Å². The van der Waals surface area contributed by atoms with Gasteiger partial charge in [0.25, 0.3) is 0 Å². The Bertz CT molecular complexity index is 430. The van der Waals surface area contributed by atoms with Crippen LogP contribution in [0.4, 0.5) is 11.6 Å². The number of rotatable bonds is 5. The average Bonchev–Trinajstić information content (AvgIpc) is 2.42. The van der Waals surface area contributed by atoms with Crippen LogP contribution >= 0.6 is 11.8 Å². The minimum atomic E-state index is 0.124. The highest BCUT2D eigenvalue weighted by Gasteiger charge is 2.48. The third kappa shape index (κ3) is 2.79. The van der Waals surface area contributed by atoms with Crippen LogP contribution in [-0.4, -0.2) is 42.5 Å². The number of hydrogen-bond donors (Lipinski definition) is 2. The van der Waals surface area contributed by atoms with Crippen molar-refractivity contribution in [3.63, 3.8) is 0 Å². The molecule has 2 rings (SSSR count). The normalized spacial score (nSPS) is 24.7. The lowest BCUT2D eigenvalue weighted by Gasteiger charge is -2.51. The molecule has 2 unspecified atom stereocenters. The number of aromatic nitrogens is 2. The van der Waals surface area contributed by atoms with Crippen LogP contribution in [0.5, 0.6) is 0 Å². The second-order valence-corrected chi connectivity index (χ2v) is 6.13. The van der Waals surface area contributed by atoms with E-state index in [0.717, 1.165) is 23.2 Å². The zero-order valence-corrected chi connectivity index (χ0v) is 13.0. The Kier molecular flexibility index (Phi) is 4.20. The molecule has 0 amide bonds. The summed E-state index contributed by atoms with van der Waals surface area (Å²) < 4.78 is 5.47. The highest BCUT2D eigenvalue weighted by molar-refractivity contribution is 7.98. The van der Waals surface area contributed by atoms with E-state index in [9.17, 15) is 0 Å². The predicted octanol–water partition coefficient (Wildman–Crippen LogP) is 2.47. The Morgan fingerprint density at radius 2 is 2.05 bits per heavy atom. The largest absolute Gasteiger partial charge is 0.381 e. The maximum absolute atomic E-state index is 5.47. The van der Waals surface area contributed by atoms with Gasteiger partial charge in [0, 0.05) is 31.7 Å². The number of hydrogen-bond acceptors (Lipinski definition) is 6. The maximum atomic E-state index is 5.47. The summed E-state index contributed by atoms with van der Waals surface area (Å²) in [5, 5.41) is 7.33. The summed E-state index contributed by atoms with van der Waals surface area (Å²) in [5.74, 6) is 1.71. The number of thioether (sulfide) groups is 1. The molecule has 1 aromatic rings. The van der Waals surface area contributed by atoms with E-state index in [4.69, 9.17) is 4.74 Å². The molecule has 0 aliphatic heterocycles. The number of methoxy groups -OCH3 is 1. The summed E-state index contributed by atoms with van der Waals surface area (Å²) in [4.78, 5) is 8.86. The summed E-state index contributed by atoms with van der Waals surface area (Å²) in [7, 11) is 3.64. The molecule has 0 radical (unpaired) electrons. The van der Waals surface area contributed by atoms with E-state index in [-0.39, 0.29) is 5.41 Å². The van der Waals surface area contributed by atoms with Gasteiger partial charge in [0.2, 0.25) is 0 Å². The van der Waals surface area contributed by atoms with Gasteiger partial charge in [-0.3, -0.25) is 0 Å². The van der Waals surface area contributed by atoms with Crippen LogP contribution in [-0.2, 0) is 4.74 Å². The van der Waals surface area contributed by atoms with Crippen molar-refractivity contribution in [1.82, 2.24) is 9.97 Å². The third-order valence-corrected chi connectivity index (χ3v) is 4.48. The Labute approximate surface area is 118 Å². The lowest BCUT2D eigenvalue weighted by atomic mass is 9.64. The molecule has 1 fully saturated rings. The number of nitrogens with one attached hydrogen (secondary N) is 2. The van der Waals surface area contributed by atoms with Crippen LogP contribution in [0.25, 0.3) is 0 Å². The molecular formula is C13H22N4OS. The van der Waals surface area contributed by atoms with Gasteiger partial charge in [-0.2, -0.15) is 0 Å². The fourth-order valence-electron chi connectivity index (χ4n) is 2.43. The highest BCUT2D eigenvalue weighted by atomic mass is 32.2. The molecule has 5 nitrogen and oxygen atoms in total. The van der Waals surface area contributed by atoms with Gasteiger partial charge in [0.15, 0.2) is 5.16 Å². The van der Waals surface area contributed by atoms with Crippen molar-refractivity contribution in [2.75, 3.05) is 31.0 Å². The van der Waals surface area contributed by atoms with Crippen molar-refractivity contribution in [2.24, 2.45) is 5.41 Å². The van der Waals surface area contributed by atoms with Crippen LogP contribution in [0.1, 0.15) is 20.3 Å². The van der Waals surface area contributed by atoms with Gasteiger partial charge in [-0.15, -0.1) is 0 Å². The molecule has 2 atom stereocenters. The predicted molar refractivity (Wildman–Crippen MR) is 80.0 cm³/mol. The SMILES string of the molecule is CNc1cc(NC2CC(OC)C2(C)C)nc(SC)n1. The molecule has 1 aliphatic carbocycles. The molecule has 106 valence electrons.